The fourth-order valence-electron chi connectivity index (χ4n) is 3.38. The van der Waals surface area contributed by atoms with Crippen LogP contribution in [-0.4, -0.2) is 60.9 Å². The van der Waals surface area contributed by atoms with Gasteiger partial charge in [-0.2, -0.15) is 4.31 Å². The molecule has 142 valence electrons. The minimum absolute atomic E-state index is 0.0734. The smallest absolute Gasteiger partial charge is 0.321 e. The Morgan fingerprint density at radius 3 is 2.42 bits per heavy atom. The van der Waals surface area contributed by atoms with Crippen LogP contribution in [0.4, 0.5) is 10.5 Å². The van der Waals surface area contributed by atoms with Gasteiger partial charge in [0.1, 0.15) is 4.90 Å². The number of benzene rings is 1. The predicted molar refractivity (Wildman–Crippen MR) is 95.4 cm³/mol. The third kappa shape index (κ3) is 3.83. The van der Waals surface area contributed by atoms with Gasteiger partial charge in [-0.05, 0) is 31.4 Å². The van der Waals surface area contributed by atoms with E-state index in [1.165, 1.54) is 15.3 Å². The van der Waals surface area contributed by atoms with Crippen LogP contribution < -0.4 is 5.32 Å². The number of hydrogen-bond donors (Lipinski definition) is 2. The number of aliphatic carboxylic acids is 1. The second-order valence-corrected chi connectivity index (χ2v) is 8.57. The molecule has 0 aromatic heterocycles. The van der Waals surface area contributed by atoms with Crippen molar-refractivity contribution in [2.75, 3.05) is 31.5 Å². The molecule has 0 aliphatic carbocycles. The summed E-state index contributed by atoms with van der Waals surface area (Å²) in [5, 5.41) is 11.7. The number of amides is 2. The standard InChI is InChI=1S/C17H23N3O5S/c21-16(22)13-8-11-19(12-13)17(23)18-14-6-2-3-7-15(14)26(24,25)20-9-4-1-5-10-20/h2-3,6-7,13H,1,4-5,8-12H2,(H,18,23)(H,21,22). The first-order valence-corrected chi connectivity index (χ1v) is 10.2. The van der Waals surface area contributed by atoms with Gasteiger partial charge >= 0.3 is 12.0 Å². The number of carboxylic acid groups (broad SMARTS) is 1. The Bertz CT molecular complexity index is 789. The molecule has 2 N–H and O–H groups in total. The van der Waals surface area contributed by atoms with Crippen LogP contribution in [0.5, 0.6) is 0 Å². The summed E-state index contributed by atoms with van der Waals surface area (Å²) in [5.41, 5.74) is 0.224. The topological polar surface area (TPSA) is 107 Å². The highest BCUT2D eigenvalue weighted by molar-refractivity contribution is 7.89. The van der Waals surface area contributed by atoms with Crippen LogP contribution in [0.3, 0.4) is 0 Å². The van der Waals surface area contributed by atoms with E-state index in [0.29, 0.717) is 26.1 Å². The van der Waals surface area contributed by atoms with Crippen molar-refractivity contribution in [3.05, 3.63) is 24.3 Å². The summed E-state index contributed by atoms with van der Waals surface area (Å²) in [6.45, 7) is 1.43. The summed E-state index contributed by atoms with van der Waals surface area (Å²) in [7, 11) is -3.68. The molecule has 0 spiro atoms. The van der Waals surface area contributed by atoms with Crippen LogP contribution in [0, 0.1) is 5.92 Å². The molecule has 0 radical (unpaired) electrons. The normalized spacial score (nSPS) is 21.5. The van der Waals surface area contributed by atoms with E-state index in [9.17, 15) is 18.0 Å². The number of nitrogens with one attached hydrogen (secondary N) is 1. The molecule has 2 amide bonds. The Balaban J connectivity index is 1.77. The van der Waals surface area contributed by atoms with Crippen LogP contribution >= 0.6 is 0 Å². The van der Waals surface area contributed by atoms with Gasteiger partial charge in [0, 0.05) is 26.2 Å². The fourth-order valence-corrected chi connectivity index (χ4v) is 5.04. The van der Waals surface area contributed by atoms with E-state index in [1.807, 2.05) is 0 Å². The molecular weight excluding hydrogens is 358 g/mol. The average Bonchev–Trinajstić information content (AvgIpc) is 3.13. The number of sulfonamides is 1. The van der Waals surface area contributed by atoms with E-state index in [0.717, 1.165) is 19.3 Å². The van der Waals surface area contributed by atoms with E-state index in [2.05, 4.69) is 5.32 Å². The Morgan fingerprint density at radius 2 is 1.77 bits per heavy atom. The van der Waals surface area contributed by atoms with Crippen molar-refractivity contribution in [3.8, 4) is 0 Å². The highest BCUT2D eigenvalue weighted by Crippen LogP contribution is 2.27. The quantitative estimate of drug-likeness (QED) is 0.827. The first-order valence-electron chi connectivity index (χ1n) is 8.77. The van der Waals surface area contributed by atoms with Gasteiger partial charge in [-0.25, -0.2) is 13.2 Å². The van der Waals surface area contributed by atoms with Gasteiger partial charge in [-0.1, -0.05) is 18.6 Å². The van der Waals surface area contributed by atoms with E-state index in [-0.39, 0.29) is 17.1 Å². The molecule has 2 heterocycles. The molecule has 3 rings (SSSR count). The van der Waals surface area contributed by atoms with Gasteiger partial charge in [-0.3, -0.25) is 4.79 Å². The number of carbonyl (C=O) groups is 2. The number of likely N-dealkylation sites (tertiary alicyclic amines) is 1. The number of piperidine rings is 1. The molecule has 0 saturated carbocycles. The zero-order valence-electron chi connectivity index (χ0n) is 14.4. The zero-order chi connectivity index (χ0) is 18.7. The van der Waals surface area contributed by atoms with E-state index in [1.54, 1.807) is 18.2 Å². The number of carboxylic acids is 1. The summed E-state index contributed by atoms with van der Waals surface area (Å²) in [4.78, 5) is 25.0. The Hall–Kier alpha value is -2.13. The molecule has 1 aromatic rings. The number of urea groups is 1. The SMILES string of the molecule is O=C(O)C1CCN(C(=O)Nc2ccccc2S(=O)(=O)N2CCCCC2)C1. The third-order valence-corrected chi connectivity index (χ3v) is 6.84. The number of carbonyl (C=O) groups excluding carboxylic acids is 1. The summed E-state index contributed by atoms with van der Waals surface area (Å²) >= 11 is 0. The summed E-state index contributed by atoms with van der Waals surface area (Å²) in [6.07, 6.45) is 3.08. The monoisotopic (exact) mass is 381 g/mol. The molecule has 2 fully saturated rings. The number of nitrogens with zero attached hydrogens (tertiary/aromatic N) is 2. The Morgan fingerprint density at radius 1 is 1.08 bits per heavy atom. The molecule has 26 heavy (non-hydrogen) atoms. The predicted octanol–water partition coefficient (Wildman–Crippen LogP) is 1.80. The highest BCUT2D eigenvalue weighted by Gasteiger charge is 2.32. The number of anilines is 1. The van der Waals surface area contributed by atoms with Gasteiger partial charge in [0.15, 0.2) is 0 Å². The maximum Gasteiger partial charge on any atom is 0.321 e. The summed E-state index contributed by atoms with van der Waals surface area (Å²) in [5.74, 6) is -1.50. The molecular formula is C17H23N3O5S. The Kier molecular flexibility index (Phi) is 5.47. The van der Waals surface area contributed by atoms with Crippen LogP contribution in [-0.2, 0) is 14.8 Å². The molecule has 2 aliphatic rings. The van der Waals surface area contributed by atoms with Gasteiger partial charge < -0.3 is 15.3 Å². The minimum atomic E-state index is -3.68. The minimum Gasteiger partial charge on any atom is -0.481 e. The second-order valence-electron chi connectivity index (χ2n) is 6.66. The molecule has 1 unspecified atom stereocenters. The van der Waals surface area contributed by atoms with Crippen LogP contribution in [0.2, 0.25) is 0 Å². The van der Waals surface area contributed by atoms with Gasteiger partial charge in [0.25, 0.3) is 0 Å². The van der Waals surface area contributed by atoms with Crippen molar-refractivity contribution in [1.82, 2.24) is 9.21 Å². The molecule has 0 bridgehead atoms. The second kappa shape index (κ2) is 7.63. The average molecular weight is 381 g/mol. The van der Waals surface area contributed by atoms with Crippen molar-refractivity contribution >= 4 is 27.7 Å². The largest absolute Gasteiger partial charge is 0.481 e. The van der Waals surface area contributed by atoms with Gasteiger partial charge in [0.05, 0.1) is 11.6 Å². The molecule has 8 nitrogen and oxygen atoms in total. The maximum absolute atomic E-state index is 12.9. The lowest BCUT2D eigenvalue weighted by Crippen LogP contribution is -2.37. The van der Waals surface area contributed by atoms with Gasteiger partial charge in [0.2, 0.25) is 10.0 Å². The molecule has 1 aromatic carbocycles. The van der Waals surface area contributed by atoms with Gasteiger partial charge in [-0.15, -0.1) is 0 Å². The third-order valence-electron chi connectivity index (χ3n) is 4.89. The summed E-state index contributed by atoms with van der Waals surface area (Å²) in [6, 6.07) is 5.86. The van der Waals surface area contributed by atoms with Crippen LogP contribution in [0.15, 0.2) is 29.2 Å². The van der Waals surface area contributed by atoms with E-state index >= 15 is 0 Å². The van der Waals surface area contributed by atoms with E-state index < -0.39 is 27.9 Å². The van der Waals surface area contributed by atoms with E-state index in [4.69, 9.17) is 5.11 Å². The number of rotatable bonds is 4. The van der Waals surface area contributed by atoms with Crippen molar-refractivity contribution < 1.29 is 23.1 Å². The summed E-state index contributed by atoms with van der Waals surface area (Å²) < 4.78 is 27.3. The zero-order valence-corrected chi connectivity index (χ0v) is 15.2. The molecule has 1 atom stereocenters. The molecule has 2 aliphatic heterocycles. The first kappa shape index (κ1) is 18.7. The lowest BCUT2D eigenvalue weighted by molar-refractivity contribution is -0.141. The van der Waals surface area contributed by atoms with Crippen molar-refractivity contribution in [3.63, 3.8) is 0 Å². The molecule has 9 heteroatoms. The Labute approximate surface area is 152 Å². The molecule has 2 saturated heterocycles. The van der Waals surface area contributed by atoms with Crippen molar-refractivity contribution in [2.24, 2.45) is 5.92 Å². The fraction of sp³-hybridized carbons (Fsp3) is 0.529. The van der Waals surface area contributed by atoms with Crippen molar-refractivity contribution in [1.29, 1.82) is 0 Å². The number of hydrogen-bond acceptors (Lipinski definition) is 4. The van der Waals surface area contributed by atoms with Crippen LogP contribution in [0.25, 0.3) is 0 Å². The highest BCUT2D eigenvalue weighted by atomic mass is 32.2. The lowest BCUT2D eigenvalue weighted by Gasteiger charge is -2.27. The lowest BCUT2D eigenvalue weighted by atomic mass is 10.1. The maximum atomic E-state index is 12.9. The first-order chi connectivity index (χ1) is 12.4. The number of para-hydroxylation sites is 1. The van der Waals surface area contributed by atoms with Crippen LogP contribution in [0.1, 0.15) is 25.7 Å². The van der Waals surface area contributed by atoms with Crippen molar-refractivity contribution in [2.45, 2.75) is 30.6 Å².